The van der Waals surface area contributed by atoms with Crippen LogP contribution in [0.15, 0.2) is 42.5 Å². The van der Waals surface area contributed by atoms with E-state index in [0.717, 1.165) is 15.1 Å². The average Bonchev–Trinajstić information content (AvgIpc) is 3.26. The first-order valence-electron chi connectivity index (χ1n) is 10.8. The Morgan fingerprint density at radius 2 is 1.72 bits per heavy atom. The molecule has 0 bridgehead atoms. The molecule has 7 heteroatoms. The summed E-state index contributed by atoms with van der Waals surface area (Å²) < 4.78 is 0.980. The average molecular weight is 450 g/mol. The Morgan fingerprint density at radius 3 is 2.28 bits per heavy atom. The van der Waals surface area contributed by atoms with Crippen LogP contribution in [0.25, 0.3) is 10.2 Å². The number of amides is 3. The summed E-state index contributed by atoms with van der Waals surface area (Å²) in [7, 11) is 0. The zero-order chi connectivity index (χ0) is 23.2. The quantitative estimate of drug-likeness (QED) is 0.540. The first-order chi connectivity index (χ1) is 15.1. The van der Waals surface area contributed by atoms with Crippen molar-refractivity contribution in [2.75, 3.05) is 5.32 Å². The summed E-state index contributed by atoms with van der Waals surface area (Å²) in [4.78, 5) is 45.0. The first-order valence-corrected chi connectivity index (χ1v) is 11.6. The number of aromatic nitrogens is 1. The lowest BCUT2D eigenvalue weighted by Gasteiger charge is -2.29. The van der Waals surface area contributed by atoms with E-state index >= 15 is 0 Å². The van der Waals surface area contributed by atoms with Gasteiger partial charge >= 0.3 is 0 Å². The highest BCUT2D eigenvalue weighted by Gasteiger charge is 2.44. The molecule has 2 unspecified atom stereocenters. The SMILES string of the molecule is CCC(C)C(C(=O)Nc1nc2ccc(C(C)(C)C)cc2s1)N1C(=O)c2ccccc2C1=O. The minimum absolute atomic E-state index is 0.00866. The molecule has 2 aromatic carbocycles. The Kier molecular flexibility index (Phi) is 5.63. The smallest absolute Gasteiger partial charge is 0.262 e. The van der Waals surface area contributed by atoms with Crippen molar-refractivity contribution in [3.05, 3.63) is 59.2 Å². The van der Waals surface area contributed by atoms with Gasteiger partial charge in [-0.15, -0.1) is 0 Å². The molecule has 32 heavy (non-hydrogen) atoms. The highest BCUT2D eigenvalue weighted by atomic mass is 32.1. The Bertz CT molecular complexity index is 1190. The number of hydrogen-bond acceptors (Lipinski definition) is 5. The molecule has 1 aliphatic heterocycles. The summed E-state index contributed by atoms with van der Waals surface area (Å²) in [6.45, 7) is 10.3. The van der Waals surface area contributed by atoms with Crippen LogP contribution in [0, 0.1) is 5.92 Å². The summed E-state index contributed by atoms with van der Waals surface area (Å²) in [5.41, 5.74) is 2.69. The van der Waals surface area contributed by atoms with E-state index in [1.54, 1.807) is 24.3 Å². The van der Waals surface area contributed by atoms with Crippen molar-refractivity contribution in [3.63, 3.8) is 0 Å². The number of fused-ring (bicyclic) bond motifs is 2. The van der Waals surface area contributed by atoms with Gasteiger partial charge < -0.3 is 5.32 Å². The van der Waals surface area contributed by atoms with Gasteiger partial charge in [0, 0.05) is 0 Å². The molecule has 3 amide bonds. The highest BCUT2D eigenvalue weighted by Crippen LogP contribution is 2.33. The van der Waals surface area contributed by atoms with Crippen LogP contribution >= 0.6 is 11.3 Å². The van der Waals surface area contributed by atoms with E-state index in [9.17, 15) is 14.4 Å². The van der Waals surface area contributed by atoms with E-state index < -0.39 is 23.8 Å². The van der Waals surface area contributed by atoms with Gasteiger partial charge in [-0.1, -0.05) is 70.6 Å². The third-order valence-electron chi connectivity index (χ3n) is 6.04. The van der Waals surface area contributed by atoms with Crippen LogP contribution in [0.3, 0.4) is 0 Å². The van der Waals surface area contributed by atoms with Gasteiger partial charge in [0.1, 0.15) is 6.04 Å². The molecule has 6 nitrogen and oxygen atoms in total. The standard InChI is InChI=1S/C25H27N3O3S/c1-6-14(2)20(28-22(30)16-9-7-8-10-17(16)23(28)31)21(29)27-24-26-18-12-11-15(25(3,4)5)13-19(18)32-24/h7-14,20H,6H2,1-5H3,(H,26,27,29). The molecule has 0 aliphatic carbocycles. The van der Waals surface area contributed by atoms with Gasteiger partial charge in [-0.05, 0) is 41.2 Å². The molecule has 2 heterocycles. The second-order valence-electron chi connectivity index (χ2n) is 9.30. The van der Waals surface area contributed by atoms with E-state index in [1.165, 1.54) is 16.9 Å². The first kappa shape index (κ1) is 22.1. The maximum absolute atomic E-state index is 13.4. The van der Waals surface area contributed by atoms with Crippen LogP contribution in [0.1, 0.15) is 67.3 Å². The van der Waals surface area contributed by atoms with Crippen LogP contribution in [-0.2, 0) is 10.2 Å². The topological polar surface area (TPSA) is 79.4 Å². The number of nitrogens with one attached hydrogen (secondary N) is 1. The predicted molar refractivity (Wildman–Crippen MR) is 127 cm³/mol. The number of thiazole rings is 1. The monoisotopic (exact) mass is 449 g/mol. The van der Waals surface area contributed by atoms with Crippen LogP contribution in [0.5, 0.6) is 0 Å². The third kappa shape index (κ3) is 3.81. The molecule has 0 spiro atoms. The fourth-order valence-corrected chi connectivity index (χ4v) is 4.85. The highest BCUT2D eigenvalue weighted by molar-refractivity contribution is 7.22. The summed E-state index contributed by atoms with van der Waals surface area (Å²) >= 11 is 1.39. The van der Waals surface area contributed by atoms with Crippen LogP contribution in [-0.4, -0.2) is 33.6 Å². The number of imide groups is 1. The number of benzene rings is 2. The van der Waals surface area contributed by atoms with Crippen molar-refractivity contribution in [2.45, 2.75) is 52.5 Å². The predicted octanol–water partition coefficient (Wildman–Crippen LogP) is 5.24. The van der Waals surface area contributed by atoms with E-state index in [-0.39, 0.29) is 11.3 Å². The molecule has 2 atom stereocenters. The van der Waals surface area contributed by atoms with Crippen LogP contribution < -0.4 is 5.32 Å². The number of nitrogens with zero attached hydrogens (tertiary/aromatic N) is 2. The fraction of sp³-hybridized carbons (Fsp3) is 0.360. The van der Waals surface area contributed by atoms with Crippen molar-refractivity contribution in [1.29, 1.82) is 0 Å². The van der Waals surface area contributed by atoms with Gasteiger partial charge in [0.2, 0.25) is 5.91 Å². The number of carbonyl (C=O) groups is 3. The molecular formula is C25H27N3O3S. The molecule has 0 saturated heterocycles. The van der Waals surface area contributed by atoms with Crippen molar-refractivity contribution in [2.24, 2.45) is 5.92 Å². The molecule has 1 aromatic heterocycles. The minimum atomic E-state index is -0.912. The van der Waals surface area contributed by atoms with E-state index in [1.807, 2.05) is 19.9 Å². The van der Waals surface area contributed by atoms with E-state index in [4.69, 9.17) is 0 Å². The summed E-state index contributed by atoms with van der Waals surface area (Å²) in [5, 5.41) is 3.33. The van der Waals surface area contributed by atoms with Crippen molar-refractivity contribution >= 4 is 44.4 Å². The second kappa shape index (κ2) is 8.13. The molecule has 0 radical (unpaired) electrons. The number of carbonyl (C=O) groups excluding carboxylic acids is 3. The Morgan fingerprint density at radius 1 is 1.09 bits per heavy atom. The van der Waals surface area contributed by atoms with Gasteiger partial charge in [0.05, 0.1) is 21.3 Å². The Balaban J connectivity index is 1.64. The van der Waals surface area contributed by atoms with Crippen molar-refractivity contribution in [3.8, 4) is 0 Å². The molecule has 1 N–H and O–H groups in total. The second-order valence-corrected chi connectivity index (χ2v) is 10.3. The molecule has 3 aromatic rings. The summed E-state index contributed by atoms with van der Waals surface area (Å²) in [6.07, 6.45) is 0.639. The van der Waals surface area contributed by atoms with Gasteiger partial charge in [-0.3, -0.25) is 19.3 Å². The molecule has 1 aliphatic rings. The maximum Gasteiger partial charge on any atom is 0.262 e. The number of anilines is 1. The zero-order valence-electron chi connectivity index (χ0n) is 18.9. The minimum Gasteiger partial charge on any atom is -0.300 e. The normalized spacial score (nSPS) is 15.7. The lowest BCUT2D eigenvalue weighted by atomic mass is 9.87. The molecule has 4 rings (SSSR count). The third-order valence-corrected chi connectivity index (χ3v) is 6.97. The van der Waals surface area contributed by atoms with E-state index in [2.05, 4.69) is 43.2 Å². The molecular weight excluding hydrogens is 422 g/mol. The largest absolute Gasteiger partial charge is 0.300 e. The fourth-order valence-electron chi connectivity index (χ4n) is 3.94. The van der Waals surface area contributed by atoms with Gasteiger partial charge in [-0.25, -0.2) is 4.98 Å². The Hall–Kier alpha value is -3.06. The zero-order valence-corrected chi connectivity index (χ0v) is 19.7. The van der Waals surface area contributed by atoms with Crippen molar-refractivity contribution in [1.82, 2.24) is 9.88 Å². The maximum atomic E-state index is 13.4. The van der Waals surface area contributed by atoms with Crippen LogP contribution in [0.2, 0.25) is 0 Å². The lowest BCUT2D eigenvalue weighted by molar-refractivity contribution is -0.121. The number of hydrogen-bond donors (Lipinski definition) is 1. The lowest BCUT2D eigenvalue weighted by Crippen LogP contribution is -2.50. The summed E-state index contributed by atoms with van der Waals surface area (Å²) in [6, 6.07) is 11.9. The molecule has 0 fully saturated rings. The van der Waals surface area contributed by atoms with E-state index in [0.29, 0.717) is 22.7 Å². The molecule has 0 saturated carbocycles. The molecule has 166 valence electrons. The Labute approximate surface area is 191 Å². The van der Waals surface area contributed by atoms with Gasteiger partial charge in [0.25, 0.3) is 11.8 Å². The number of rotatable bonds is 5. The summed E-state index contributed by atoms with van der Waals surface area (Å²) in [5.74, 6) is -1.46. The van der Waals surface area contributed by atoms with Crippen molar-refractivity contribution < 1.29 is 14.4 Å². The van der Waals surface area contributed by atoms with Gasteiger partial charge in [0.15, 0.2) is 5.13 Å². The van der Waals surface area contributed by atoms with Crippen LogP contribution in [0.4, 0.5) is 5.13 Å². The van der Waals surface area contributed by atoms with Gasteiger partial charge in [-0.2, -0.15) is 0 Å².